The van der Waals surface area contributed by atoms with Gasteiger partial charge in [0.1, 0.15) is 11.3 Å². The number of pyridine rings is 2. The molecule has 4 aromatic rings. The van der Waals surface area contributed by atoms with E-state index in [4.69, 9.17) is 9.97 Å². The lowest BCUT2D eigenvalue weighted by Gasteiger charge is -2.14. The number of hydrogen-bond acceptors (Lipinski definition) is 3. The summed E-state index contributed by atoms with van der Waals surface area (Å²) in [6.45, 7) is 0. The first-order chi connectivity index (χ1) is 12.3. The highest BCUT2D eigenvalue weighted by Gasteiger charge is 2.27. The molecule has 122 valence electrons. The van der Waals surface area contributed by atoms with Crippen LogP contribution in [0.5, 0.6) is 0 Å². The lowest BCUT2D eigenvalue weighted by Crippen LogP contribution is -2.07. The van der Waals surface area contributed by atoms with Gasteiger partial charge in [0.25, 0.3) is 0 Å². The molecule has 3 aromatic heterocycles. The molecule has 0 fully saturated rings. The molecule has 0 saturated carbocycles. The molecule has 0 spiro atoms. The number of aromatic amines is 1. The van der Waals surface area contributed by atoms with Crippen molar-refractivity contribution in [3.8, 4) is 11.3 Å². The molecule has 1 unspecified atom stereocenters. The number of H-pyrrole nitrogens is 1. The van der Waals surface area contributed by atoms with E-state index >= 15 is 0 Å². The van der Waals surface area contributed by atoms with Crippen LogP contribution in [0.1, 0.15) is 23.9 Å². The molecule has 0 aliphatic carbocycles. The van der Waals surface area contributed by atoms with Crippen molar-refractivity contribution in [2.75, 3.05) is 0 Å². The molecular weight excluding hydrogens is 312 g/mol. The quantitative estimate of drug-likeness (QED) is 0.614. The van der Waals surface area contributed by atoms with Gasteiger partial charge in [-0.1, -0.05) is 30.3 Å². The molecule has 4 heterocycles. The Balaban J connectivity index is 1.69. The minimum absolute atomic E-state index is 0.125. The highest BCUT2D eigenvalue weighted by molar-refractivity contribution is 5.76. The molecule has 0 saturated heterocycles. The third-order valence-electron chi connectivity index (χ3n) is 4.82. The Labute approximate surface area is 144 Å². The van der Waals surface area contributed by atoms with E-state index in [1.165, 1.54) is 5.56 Å². The first kappa shape index (κ1) is 14.2. The number of aryl methyl sites for hydroxylation is 1. The fourth-order valence-electron chi connectivity index (χ4n) is 3.68. The van der Waals surface area contributed by atoms with Gasteiger partial charge in [0, 0.05) is 24.2 Å². The normalized spacial score (nSPS) is 16.2. The van der Waals surface area contributed by atoms with Gasteiger partial charge in [0.2, 0.25) is 5.56 Å². The summed E-state index contributed by atoms with van der Waals surface area (Å²) in [5.74, 6) is 1.08. The number of aromatic nitrogens is 4. The third kappa shape index (κ3) is 2.28. The number of fused-ring (bicyclic) bond motifs is 3. The molecule has 0 bridgehead atoms. The Hall–Kier alpha value is -3.21. The second-order valence-electron chi connectivity index (χ2n) is 6.34. The zero-order valence-electron chi connectivity index (χ0n) is 13.5. The predicted octanol–water partition coefficient (Wildman–Crippen LogP) is 3.32. The summed E-state index contributed by atoms with van der Waals surface area (Å²) in [4.78, 5) is 23.8. The molecule has 1 N–H and O–H groups in total. The van der Waals surface area contributed by atoms with Crippen LogP contribution in [0.25, 0.3) is 22.4 Å². The van der Waals surface area contributed by atoms with Crippen LogP contribution in [0.2, 0.25) is 0 Å². The van der Waals surface area contributed by atoms with Crippen LogP contribution in [0.3, 0.4) is 0 Å². The monoisotopic (exact) mass is 328 g/mol. The van der Waals surface area contributed by atoms with Crippen molar-refractivity contribution in [1.82, 2.24) is 19.5 Å². The maximum absolute atomic E-state index is 11.6. The van der Waals surface area contributed by atoms with Crippen LogP contribution in [0.15, 0.2) is 65.6 Å². The van der Waals surface area contributed by atoms with Crippen molar-refractivity contribution < 1.29 is 0 Å². The molecule has 1 aliphatic rings. The van der Waals surface area contributed by atoms with Crippen molar-refractivity contribution in [3.63, 3.8) is 0 Å². The van der Waals surface area contributed by atoms with Gasteiger partial charge in [0.05, 0.1) is 11.7 Å². The van der Waals surface area contributed by atoms with Crippen LogP contribution in [-0.2, 0) is 6.42 Å². The average molecular weight is 328 g/mol. The Bertz CT molecular complexity index is 1130. The summed E-state index contributed by atoms with van der Waals surface area (Å²) < 4.78 is 2.25. The van der Waals surface area contributed by atoms with E-state index in [2.05, 4.69) is 33.8 Å². The summed E-state index contributed by atoms with van der Waals surface area (Å²) in [6, 6.07) is 18.1. The average Bonchev–Trinajstić information content (AvgIpc) is 3.21. The second-order valence-corrected chi connectivity index (χ2v) is 6.34. The SMILES string of the molecule is O=c1cc(-c2ccc3nc4n(c3n2)C(c2ccccc2)CC4)cc[nH]1. The molecule has 25 heavy (non-hydrogen) atoms. The number of hydrogen-bond donors (Lipinski definition) is 1. The number of benzene rings is 1. The molecule has 0 amide bonds. The van der Waals surface area contributed by atoms with Crippen molar-refractivity contribution in [3.05, 3.63) is 82.5 Å². The zero-order chi connectivity index (χ0) is 16.8. The van der Waals surface area contributed by atoms with Crippen molar-refractivity contribution in [2.24, 2.45) is 0 Å². The van der Waals surface area contributed by atoms with Crippen LogP contribution in [0, 0.1) is 0 Å². The summed E-state index contributed by atoms with van der Waals surface area (Å²) in [7, 11) is 0. The van der Waals surface area contributed by atoms with E-state index in [9.17, 15) is 4.79 Å². The second kappa shape index (κ2) is 5.41. The molecule has 1 aromatic carbocycles. The van der Waals surface area contributed by atoms with E-state index in [0.29, 0.717) is 0 Å². The molecule has 5 rings (SSSR count). The number of nitrogens with zero attached hydrogens (tertiary/aromatic N) is 3. The van der Waals surface area contributed by atoms with Gasteiger partial charge in [-0.25, -0.2) is 9.97 Å². The van der Waals surface area contributed by atoms with Crippen molar-refractivity contribution in [2.45, 2.75) is 18.9 Å². The fourth-order valence-corrected chi connectivity index (χ4v) is 3.68. The highest BCUT2D eigenvalue weighted by Crippen LogP contribution is 2.35. The van der Waals surface area contributed by atoms with Crippen molar-refractivity contribution in [1.29, 1.82) is 0 Å². The Kier molecular flexibility index (Phi) is 3.06. The third-order valence-corrected chi connectivity index (χ3v) is 4.82. The fraction of sp³-hybridized carbons (Fsp3) is 0.150. The molecule has 1 aliphatic heterocycles. The van der Waals surface area contributed by atoms with E-state index < -0.39 is 0 Å². The van der Waals surface area contributed by atoms with Gasteiger partial charge in [-0.2, -0.15) is 0 Å². The van der Waals surface area contributed by atoms with E-state index in [0.717, 1.165) is 41.1 Å². The van der Waals surface area contributed by atoms with Gasteiger partial charge >= 0.3 is 0 Å². The van der Waals surface area contributed by atoms with Gasteiger partial charge in [0.15, 0.2) is 5.65 Å². The van der Waals surface area contributed by atoms with E-state index in [1.54, 1.807) is 12.3 Å². The van der Waals surface area contributed by atoms with Gasteiger partial charge < -0.3 is 9.55 Å². The Morgan fingerprint density at radius 2 is 1.92 bits per heavy atom. The summed E-state index contributed by atoms with van der Waals surface area (Å²) in [5, 5.41) is 0. The van der Waals surface area contributed by atoms with Crippen LogP contribution >= 0.6 is 0 Å². The topological polar surface area (TPSA) is 63.6 Å². The lowest BCUT2D eigenvalue weighted by molar-refractivity contribution is 0.633. The summed E-state index contributed by atoms with van der Waals surface area (Å²) in [6.07, 6.45) is 3.65. The summed E-state index contributed by atoms with van der Waals surface area (Å²) in [5.41, 5.74) is 4.56. The van der Waals surface area contributed by atoms with E-state index in [-0.39, 0.29) is 11.6 Å². The predicted molar refractivity (Wildman–Crippen MR) is 96.5 cm³/mol. The van der Waals surface area contributed by atoms with Gasteiger partial charge in [-0.05, 0) is 30.2 Å². The molecule has 0 radical (unpaired) electrons. The smallest absolute Gasteiger partial charge is 0.248 e. The Morgan fingerprint density at radius 3 is 2.76 bits per heavy atom. The Morgan fingerprint density at radius 1 is 1.04 bits per heavy atom. The maximum Gasteiger partial charge on any atom is 0.248 e. The molecular formula is C20H16N4O. The highest BCUT2D eigenvalue weighted by atomic mass is 16.1. The first-order valence-electron chi connectivity index (χ1n) is 8.41. The minimum atomic E-state index is -0.125. The maximum atomic E-state index is 11.6. The van der Waals surface area contributed by atoms with Crippen LogP contribution < -0.4 is 5.56 Å². The zero-order valence-corrected chi connectivity index (χ0v) is 13.5. The summed E-state index contributed by atoms with van der Waals surface area (Å²) >= 11 is 0. The first-order valence-corrected chi connectivity index (χ1v) is 8.41. The van der Waals surface area contributed by atoms with Gasteiger partial charge in [-0.15, -0.1) is 0 Å². The number of rotatable bonds is 2. The van der Waals surface area contributed by atoms with Crippen LogP contribution in [0.4, 0.5) is 0 Å². The largest absolute Gasteiger partial charge is 0.329 e. The minimum Gasteiger partial charge on any atom is -0.329 e. The number of nitrogens with one attached hydrogen (secondary N) is 1. The lowest BCUT2D eigenvalue weighted by atomic mass is 10.0. The van der Waals surface area contributed by atoms with E-state index in [1.807, 2.05) is 24.3 Å². The molecule has 5 heteroatoms. The van der Waals surface area contributed by atoms with Crippen molar-refractivity contribution >= 4 is 11.2 Å². The number of imidazole rings is 1. The molecule has 5 nitrogen and oxygen atoms in total. The van der Waals surface area contributed by atoms with Gasteiger partial charge in [-0.3, -0.25) is 4.79 Å². The molecule has 1 atom stereocenters. The standard InChI is InChI=1S/C20H16N4O/c25-19-12-14(10-11-21-19)15-6-7-16-20(23-15)24-17(8-9-18(24)22-16)13-4-2-1-3-5-13/h1-7,10-12,17H,8-9H2,(H,21,25). The van der Waals surface area contributed by atoms with Crippen LogP contribution in [-0.4, -0.2) is 19.5 Å².